The Hall–Kier alpha value is -0.530. The number of aliphatic hydroxyl groups is 1. The average Bonchev–Trinajstić information content (AvgIpc) is 2.49. The van der Waals surface area contributed by atoms with Gasteiger partial charge in [0.2, 0.25) is 10.0 Å². The zero-order valence-corrected chi connectivity index (χ0v) is 14.7. The van der Waals surface area contributed by atoms with E-state index in [1.54, 1.807) is 0 Å². The molecule has 0 spiro atoms. The summed E-state index contributed by atoms with van der Waals surface area (Å²) in [6, 6.07) is 2.39. The predicted molar refractivity (Wildman–Crippen MR) is 86.2 cm³/mol. The first-order chi connectivity index (χ1) is 10.3. The first-order valence-electron chi connectivity index (χ1n) is 6.98. The van der Waals surface area contributed by atoms with Gasteiger partial charge in [0.05, 0.1) is 24.3 Å². The van der Waals surface area contributed by atoms with Gasteiger partial charge < -0.3 is 9.84 Å². The summed E-state index contributed by atoms with van der Waals surface area (Å²) in [5, 5.41) is 10.1. The highest BCUT2D eigenvalue weighted by Crippen LogP contribution is 2.38. The van der Waals surface area contributed by atoms with Gasteiger partial charge in [-0.2, -0.15) is 4.31 Å². The zero-order valence-electron chi connectivity index (χ0n) is 12.4. The number of hydrogen-bond donors (Lipinski definition) is 1. The molecule has 0 aromatic heterocycles. The molecular weight excluding hydrogens is 349 g/mol. The maximum absolute atomic E-state index is 12.8. The van der Waals surface area contributed by atoms with E-state index in [2.05, 4.69) is 0 Å². The van der Waals surface area contributed by atoms with Crippen molar-refractivity contribution in [3.05, 3.63) is 22.2 Å². The SMILES string of the molecule is COc1ccc(S(=O)(=O)N(C)[C@@H]2CCCC[C@H]2O)c(Cl)c1Cl. The average molecular weight is 368 g/mol. The molecule has 1 aromatic rings. The van der Waals surface area contributed by atoms with Crippen molar-refractivity contribution < 1.29 is 18.3 Å². The van der Waals surface area contributed by atoms with Crippen molar-refractivity contribution in [1.82, 2.24) is 4.31 Å². The number of aliphatic hydroxyl groups excluding tert-OH is 1. The van der Waals surface area contributed by atoms with Crippen LogP contribution in [0.15, 0.2) is 17.0 Å². The molecule has 22 heavy (non-hydrogen) atoms. The molecule has 1 aromatic carbocycles. The van der Waals surface area contributed by atoms with E-state index in [4.69, 9.17) is 27.9 Å². The topological polar surface area (TPSA) is 66.8 Å². The molecule has 2 atom stereocenters. The Morgan fingerprint density at radius 3 is 2.45 bits per heavy atom. The van der Waals surface area contributed by atoms with Gasteiger partial charge in [-0.1, -0.05) is 36.0 Å². The molecule has 8 heteroatoms. The summed E-state index contributed by atoms with van der Waals surface area (Å²) in [6.45, 7) is 0. The van der Waals surface area contributed by atoms with Crippen LogP contribution in [0, 0.1) is 0 Å². The van der Waals surface area contributed by atoms with E-state index in [-0.39, 0.29) is 14.9 Å². The summed E-state index contributed by atoms with van der Waals surface area (Å²) in [4.78, 5) is -0.0831. The van der Waals surface area contributed by atoms with Gasteiger partial charge in [0.1, 0.15) is 15.7 Å². The quantitative estimate of drug-likeness (QED) is 0.888. The number of rotatable bonds is 4. The summed E-state index contributed by atoms with van der Waals surface area (Å²) >= 11 is 12.1. The lowest BCUT2D eigenvalue weighted by Gasteiger charge is -2.34. The third-order valence-corrected chi connectivity index (χ3v) is 6.95. The fourth-order valence-electron chi connectivity index (χ4n) is 2.72. The Morgan fingerprint density at radius 1 is 1.23 bits per heavy atom. The van der Waals surface area contributed by atoms with Gasteiger partial charge in [0, 0.05) is 7.05 Å². The van der Waals surface area contributed by atoms with Crippen molar-refractivity contribution in [3.8, 4) is 5.75 Å². The second-order valence-corrected chi connectivity index (χ2v) is 8.06. The van der Waals surface area contributed by atoms with Gasteiger partial charge >= 0.3 is 0 Å². The van der Waals surface area contributed by atoms with E-state index in [1.807, 2.05) is 0 Å². The molecule has 2 rings (SSSR count). The Morgan fingerprint density at radius 2 is 1.86 bits per heavy atom. The second-order valence-electron chi connectivity index (χ2n) is 5.33. The maximum atomic E-state index is 12.8. The third kappa shape index (κ3) is 3.21. The maximum Gasteiger partial charge on any atom is 0.244 e. The minimum atomic E-state index is -3.85. The number of nitrogens with zero attached hydrogens (tertiary/aromatic N) is 1. The lowest BCUT2D eigenvalue weighted by atomic mass is 9.93. The Bertz CT molecular complexity index is 650. The van der Waals surface area contributed by atoms with Crippen molar-refractivity contribution in [1.29, 1.82) is 0 Å². The first-order valence-corrected chi connectivity index (χ1v) is 9.18. The lowest BCUT2D eigenvalue weighted by molar-refractivity contribution is 0.0638. The molecule has 1 fully saturated rings. The van der Waals surface area contributed by atoms with Crippen molar-refractivity contribution >= 4 is 33.2 Å². The molecule has 0 bridgehead atoms. The number of benzene rings is 1. The van der Waals surface area contributed by atoms with Crippen LogP contribution in [-0.2, 0) is 10.0 Å². The number of hydrogen-bond acceptors (Lipinski definition) is 4. The number of ether oxygens (including phenoxy) is 1. The van der Waals surface area contributed by atoms with Crippen molar-refractivity contribution in [2.75, 3.05) is 14.2 Å². The predicted octanol–water partition coefficient (Wildman–Crippen LogP) is 2.93. The standard InChI is InChI=1S/C14H19Cl2NO4S/c1-17(9-5-3-4-6-10(9)18)22(19,20)12-8-7-11(21-2)13(15)14(12)16/h7-10,18H,3-6H2,1-2H3/t9-,10-/m1/s1. The molecule has 0 aliphatic heterocycles. The number of likely N-dealkylation sites (N-methyl/N-ethyl adjacent to an activating group) is 1. The third-order valence-electron chi connectivity index (χ3n) is 4.05. The van der Waals surface area contributed by atoms with E-state index >= 15 is 0 Å². The molecule has 0 saturated heterocycles. The van der Waals surface area contributed by atoms with Gasteiger partial charge in [-0.25, -0.2) is 8.42 Å². The van der Waals surface area contributed by atoms with E-state index in [9.17, 15) is 13.5 Å². The summed E-state index contributed by atoms with van der Waals surface area (Å²) in [6.07, 6.45) is 2.35. The smallest absolute Gasteiger partial charge is 0.244 e. The van der Waals surface area contributed by atoms with Crippen LogP contribution < -0.4 is 4.74 Å². The van der Waals surface area contributed by atoms with E-state index < -0.39 is 22.2 Å². The van der Waals surface area contributed by atoms with Crippen LogP contribution in [0.1, 0.15) is 25.7 Å². The van der Waals surface area contributed by atoms with Gasteiger partial charge in [-0.05, 0) is 25.0 Å². The van der Waals surface area contributed by atoms with Crippen LogP contribution >= 0.6 is 23.2 Å². The number of halogens is 2. The molecule has 1 aliphatic rings. The summed E-state index contributed by atoms with van der Waals surface area (Å²) in [5.41, 5.74) is 0. The van der Waals surface area contributed by atoms with Crippen LogP contribution in [0.4, 0.5) is 0 Å². The molecule has 0 radical (unpaired) electrons. The Balaban J connectivity index is 2.40. The van der Waals surface area contributed by atoms with Gasteiger partial charge in [0.15, 0.2) is 0 Å². The van der Waals surface area contributed by atoms with Crippen LogP contribution in [0.2, 0.25) is 10.0 Å². The largest absolute Gasteiger partial charge is 0.495 e. The van der Waals surface area contributed by atoms with Crippen LogP contribution in [-0.4, -0.2) is 44.1 Å². The van der Waals surface area contributed by atoms with Gasteiger partial charge in [0.25, 0.3) is 0 Å². The van der Waals surface area contributed by atoms with Gasteiger partial charge in [-0.15, -0.1) is 0 Å². The number of methoxy groups -OCH3 is 1. The molecule has 1 saturated carbocycles. The van der Waals surface area contributed by atoms with Crippen molar-refractivity contribution in [3.63, 3.8) is 0 Å². The zero-order chi connectivity index (χ0) is 16.5. The molecule has 0 heterocycles. The molecule has 1 aliphatic carbocycles. The van der Waals surface area contributed by atoms with Crippen molar-refractivity contribution in [2.45, 2.75) is 42.7 Å². The normalized spacial score (nSPS) is 22.8. The second kappa shape index (κ2) is 6.93. The fourth-order valence-corrected chi connectivity index (χ4v) is 4.95. The Labute approximate surface area is 140 Å². The molecule has 124 valence electrons. The highest BCUT2D eigenvalue weighted by atomic mass is 35.5. The number of sulfonamides is 1. The first kappa shape index (κ1) is 17.8. The fraction of sp³-hybridized carbons (Fsp3) is 0.571. The van der Waals surface area contributed by atoms with Crippen molar-refractivity contribution in [2.24, 2.45) is 0 Å². The molecular formula is C14H19Cl2NO4S. The van der Waals surface area contributed by atoms with Crippen LogP contribution in [0.3, 0.4) is 0 Å². The lowest BCUT2D eigenvalue weighted by Crippen LogP contribution is -2.46. The molecule has 0 amide bonds. The summed E-state index contributed by atoms with van der Waals surface area (Å²) in [7, 11) is -0.960. The van der Waals surface area contributed by atoms with Crippen LogP contribution in [0.25, 0.3) is 0 Å². The molecule has 5 nitrogen and oxygen atoms in total. The highest BCUT2D eigenvalue weighted by molar-refractivity contribution is 7.89. The monoisotopic (exact) mass is 367 g/mol. The summed E-state index contributed by atoms with van der Waals surface area (Å²) in [5.74, 6) is 0.311. The molecule has 1 N–H and O–H groups in total. The Kier molecular flexibility index (Phi) is 5.61. The van der Waals surface area contributed by atoms with E-state index in [0.717, 1.165) is 12.8 Å². The van der Waals surface area contributed by atoms with Crippen LogP contribution in [0.5, 0.6) is 5.75 Å². The van der Waals surface area contributed by atoms with Gasteiger partial charge in [-0.3, -0.25) is 0 Å². The summed E-state index contributed by atoms with van der Waals surface area (Å²) < 4.78 is 31.8. The minimum Gasteiger partial charge on any atom is -0.495 e. The minimum absolute atomic E-state index is 0.0582. The van der Waals surface area contributed by atoms with E-state index in [0.29, 0.717) is 18.6 Å². The molecule has 0 unspecified atom stereocenters. The van der Waals surface area contributed by atoms with E-state index in [1.165, 1.54) is 30.6 Å². The highest BCUT2D eigenvalue weighted by Gasteiger charge is 2.35.